The molecule has 4 heteroatoms. The monoisotopic (exact) mass is 152 g/mol. The van der Waals surface area contributed by atoms with E-state index >= 15 is 0 Å². The minimum atomic E-state index is -0.262. The maximum absolute atomic E-state index is 10.4. The number of hydrogen-bond donors (Lipinski definition) is 2. The molecule has 11 heavy (non-hydrogen) atoms. The lowest BCUT2D eigenvalue weighted by atomic mass is 10.3. The minimum Gasteiger partial charge on any atom is -0.302 e. The zero-order chi connectivity index (χ0) is 8.10. The van der Waals surface area contributed by atoms with E-state index in [0.717, 1.165) is 5.56 Å². The number of aromatic nitrogens is 1. The van der Waals surface area contributed by atoms with E-state index in [1.54, 1.807) is 12.4 Å². The number of carbonyl (C=O) groups is 1. The minimum absolute atomic E-state index is 0.262. The number of amides is 2. The fourth-order valence-electron chi connectivity index (χ4n) is 0.701. The number of rotatable bonds is 2. The lowest BCUT2D eigenvalue weighted by molar-refractivity contribution is -0.251. The number of nitrogens with one attached hydrogen (secondary N) is 1. The van der Waals surface area contributed by atoms with Crippen LogP contribution in [0.15, 0.2) is 24.5 Å². The van der Waals surface area contributed by atoms with E-state index in [9.17, 15) is 4.79 Å². The molecule has 0 aliphatic rings. The SMILES string of the molecule is [NH3+]C(=O)NCc1ccncc1. The van der Waals surface area contributed by atoms with Crippen LogP contribution in [0.2, 0.25) is 0 Å². The highest BCUT2D eigenvalue weighted by Crippen LogP contribution is 1.93. The summed E-state index contributed by atoms with van der Waals surface area (Å²) in [5.74, 6) is 0. The number of nitrogens with zero attached hydrogens (tertiary/aromatic N) is 1. The molecule has 4 nitrogen and oxygen atoms in total. The molecule has 4 N–H and O–H groups in total. The number of quaternary nitrogens is 1. The zero-order valence-electron chi connectivity index (χ0n) is 6.08. The third-order valence-corrected chi connectivity index (χ3v) is 1.24. The molecule has 0 atom stereocenters. The molecule has 0 radical (unpaired) electrons. The highest BCUT2D eigenvalue weighted by molar-refractivity contribution is 5.61. The number of hydrogen-bond acceptors (Lipinski definition) is 2. The summed E-state index contributed by atoms with van der Waals surface area (Å²) in [5.41, 5.74) is 4.21. The molecule has 1 heterocycles. The molecule has 1 rings (SSSR count). The van der Waals surface area contributed by atoms with Gasteiger partial charge in [0, 0.05) is 18.9 Å². The van der Waals surface area contributed by atoms with Crippen molar-refractivity contribution in [1.82, 2.24) is 10.3 Å². The molecule has 2 amide bonds. The maximum Gasteiger partial charge on any atom is 0.411 e. The summed E-state index contributed by atoms with van der Waals surface area (Å²) in [7, 11) is 0. The van der Waals surface area contributed by atoms with Crippen LogP contribution in [-0.2, 0) is 6.54 Å². The van der Waals surface area contributed by atoms with Crippen LogP contribution in [0.3, 0.4) is 0 Å². The van der Waals surface area contributed by atoms with Gasteiger partial charge in [-0.3, -0.25) is 10.7 Å². The van der Waals surface area contributed by atoms with Crippen LogP contribution in [0.5, 0.6) is 0 Å². The summed E-state index contributed by atoms with van der Waals surface area (Å²) in [4.78, 5) is 14.2. The molecule has 0 spiro atoms. The van der Waals surface area contributed by atoms with E-state index in [4.69, 9.17) is 0 Å². The fraction of sp³-hybridized carbons (Fsp3) is 0.143. The first-order chi connectivity index (χ1) is 5.29. The van der Waals surface area contributed by atoms with Crippen molar-refractivity contribution >= 4 is 6.03 Å². The number of pyridine rings is 1. The van der Waals surface area contributed by atoms with Crippen molar-refractivity contribution in [3.05, 3.63) is 30.1 Å². The molecule has 0 saturated carbocycles. The van der Waals surface area contributed by atoms with E-state index in [1.165, 1.54) is 0 Å². The van der Waals surface area contributed by atoms with Crippen molar-refractivity contribution in [2.45, 2.75) is 6.54 Å². The first kappa shape index (κ1) is 7.68. The van der Waals surface area contributed by atoms with Crippen molar-refractivity contribution in [2.75, 3.05) is 0 Å². The second-order valence-electron chi connectivity index (χ2n) is 2.13. The van der Waals surface area contributed by atoms with Gasteiger partial charge in [0.2, 0.25) is 0 Å². The summed E-state index contributed by atoms with van der Waals surface area (Å²) in [6.07, 6.45) is 3.37. The van der Waals surface area contributed by atoms with Crippen molar-refractivity contribution in [1.29, 1.82) is 0 Å². The van der Waals surface area contributed by atoms with Crippen molar-refractivity contribution < 1.29 is 10.5 Å². The van der Waals surface area contributed by atoms with Gasteiger partial charge in [-0.05, 0) is 17.7 Å². The van der Waals surface area contributed by atoms with Gasteiger partial charge in [0.15, 0.2) is 0 Å². The molecule has 0 unspecified atom stereocenters. The van der Waals surface area contributed by atoms with Crippen LogP contribution in [0, 0.1) is 0 Å². The lowest BCUT2D eigenvalue weighted by Crippen LogP contribution is -2.62. The predicted molar refractivity (Wildman–Crippen MR) is 39.4 cm³/mol. The molecule has 1 aromatic heterocycles. The van der Waals surface area contributed by atoms with Crippen molar-refractivity contribution in [2.24, 2.45) is 0 Å². The van der Waals surface area contributed by atoms with Gasteiger partial charge in [0.25, 0.3) is 0 Å². The first-order valence-corrected chi connectivity index (χ1v) is 3.28. The average Bonchev–Trinajstić information content (AvgIpc) is 2.03. The van der Waals surface area contributed by atoms with Gasteiger partial charge in [-0.1, -0.05) is 0 Å². The molecule has 1 aromatic rings. The first-order valence-electron chi connectivity index (χ1n) is 3.28. The van der Waals surface area contributed by atoms with Gasteiger partial charge < -0.3 is 5.32 Å². The van der Waals surface area contributed by atoms with Crippen LogP contribution in [0.4, 0.5) is 4.79 Å². The zero-order valence-corrected chi connectivity index (χ0v) is 6.08. The highest BCUT2D eigenvalue weighted by Gasteiger charge is 1.95. The molecule has 0 aromatic carbocycles. The third kappa shape index (κ3) is 2.77. The number of urea groups is 1. The Hall–Kier alpha value is -1.42. The summed E-state index contributed by atoms with van der Waals surface area (Å²) >= 11 is 0. The molecule has 0 saturated heterocycles. The van der Waals surface area contributed by atoms with Crippen LogP contribution >= 0.6 is 0 Å². The van der Waals surface area contributed by atoms with Crippen molar-refractivity contribution in [3.8, 4) is 0 Å². The van der Waals surface area contributed by atoms with Crippen LogP contribution in [-0.4, -0.2) is 11.0 Å². The normalized spacial score (nSPS) is 9.18. The smallest absolute Gasteiger partial charge is 0.302 e. The van der Waals surface area contributed by atoms with E-state index in [0.29, 0.717) is 6.54 Å². The van der Waals surface area contributed by atoms with E-state index in [1.807, 2.05) is 12.1 Å². The topological polar surface area (TPSA) is 69.6 Å². The summed E-state index contributed by atoms with van der Waals surface area (Å²) in [6, 6.07) is 3.42. The lowest BCUT2D eigenvalue weighted by Gasteiger charge is -1.97. The Morgan fingerprint density at radius 1 is 1.55 bits per heavy atom. The molecule has 0 aliphatic heterocycles. The Bertz CT molecular complexity index is 235. The highest BCUT2D eigenvalue weighted by atomic mass is 16.2. The molecule has 0 fully saturated rings. The Balaban J connectivity index is 2.45. The van der Waals surface area contributed by atoms with Gasteiger partial charge in [0.05, 0.1) is 0 Å². The van der Waals surface area contributed by atoms with Crippen LogP contribution in [0.1, 0.15) is 5.56 Å². The van der Waals surface area contributed by atoms with Crippen LogP contribution in [0.25, 0.3) is 0 Å². The molecule has 0 bridgehead atoms. The maximum atomic E-state index is 10.4. The Kier molecular flexibility index (Phi) is 2.57. The average molecular weight is 152 g/mol. The van der Waals surface area contributed by atoms with Gasteiger partial charge >= 0.3 is 6.03 Å². The number of carbonyl (C=O) groups excluding carboxylic acids is 1. The Labute approximate surface area is 64.4 Å². The van der Waals surface area contributed by atoms with Gasteiger partial charge in [-0.2, -0.15) is 0 Å². The van der Waals surface area contributed by atoms with E-state index in [2.05, 4.69) is 16.0 Å². The Morgan fingerprint density at radius 3 is 2.73 bits per heavy atom. The van der Waals surface area contributed by atoms with E-state index < -0.39 is 0 Å². The fourth-order valence-corrected chi connectivity index (χ4v) is 0.701. The second kappa shape index (κ2) is 3.68. The second-order valence-corrected chi connectivity index (χ2v) is 2.13. The summed E-state index contributed by atoms with van der Waals surface area (Å²) in [5, 5.41) is 2.58. The predicted octanol–water partition coefficient (Wildman–Crippen LogP) is -0.467. The molecule has 58 valence electrons. The summed E-state index contributed by atoms with van der Waals surface area (Å²) in [6.45, 7) is 0.519. The largest absolute Gasteiger partial charge is 0.411 e. The molecular formula is C7H10N3O+. The standard InChI is InChI=1S/C7H9N3O/c8-7(11)10-5-6-1-3-9-4-2-6/h1-4H,5H2,(H3,8,10,11)/p+1. The van der Waals surface area contributed by atoms with Crippen molar-refractivity contribution in [3.63, 3.8) is 0 Å². The summed E-state index contributed by atoms with van der Waals surface area (Å²) < 4.78 is 0. The quantitative estimate of drug-likeness (QED) is 0.601. The molecule has 0 aliphatic carbocycles. The van der Waals surface area contributed by atoms with Gasteiger partial charge in [-0.25, -0.2) is 4.79 Å². The van der Waals surface area contributed by atoms with Gasteiger partial charge in [-0.15, -0.1) is 0 Å². The molecular weight excluding hydrogens is 142 g/mol. The Morgan fingerprint density at radius 2 is 2.18 bits per heavy atom. The van der Waals surface area contributed by atoms with E-state index in [-0.39, 0.29) is 6.03 Å². The van der Waals surface area contributed by atoms with Crippen LogP contribution < -0.4 is 11.1 Å². The third-order valence-electron chi connectivity index (χ3n) is 1.24. The van der Waals surface area contributed by atoms with Gasteiger partial charge in [0.1, 0.15) is 0 Å².